The molecular weight excluding hydrogens is 881 g/mol. The number of benzene rings is 11. The van der Waals surface area contributed by atoms with Crippen molar-refractivity contribution in [3.05, 3.63) is 264 Å². The van der Waals surface area contributed by atoms with Crippen molar-refractivity contribution in [2.45, 2.75) is 57.8 Å². The number of hydrogen-bond acceptors (Lipinski definition) is 2. The molecule has 0 aliphatic heterocycles. The number of para-hydroxylation sites is 2. The summed E-state index contributed by atoms with van der Waals surface area (Å²) >= 11 is 0. The van der Waals surface area contributed by atoms with Crippen molar-refractivity contribution < 1.29 is 0 Å². The van der Waals surface area contributed by atoms with Gasteiger partial charge in [-0.15, -0.1) is 0 Å². The summed E-state index contributed by atoms with van der Waals surface area (Å²) in [6, 6.07) is 86.5. The molecule has 350 valence electrons. The molecular formula is C71H56N2. The molecule has 0 spiro atoms. The summed E-state index contributed by atoms with van der Waals surface area (Å²) in [7, 11) is 0. The van der Waals surface area contributed by atoms with Crippen LogP contribution in [0.4, 0.5) is 34.1 Å². The van der Waals surface area contributed by atoms with Gasteiger partial charge in [0.25, 0.3) is 0 Å². The smallest absolute Gasteiger partial charge is 0.0468 e. The maximum atomic E-state index is 2.49. The van der Waals surface area contributed by atoms with Crippen molar-refractivity contribution in [2.75, 3.05) is 9.80 Å². The highest BCUT2D eigenvalue weighted by molar-refractivity contribution is 6.24. The van der Waals surface area contributed by atoms with Crippen LogP contribution in [0, 0.1) is 0 Å². The van der Waals surface area contributed by atoms with Crippen molar-refractivity contribution in [1.29, 1.82) is 0 Å². The fourth-order valence-corrected chi connectivity index (χ4v) is 13.4. The molecule has 0 bridgehead atoms. The molecule has 0 amide bonds. The summed E-state index contributed by atoms with van der Waals surface area (Å²) in [5.41, 5.74) is 24.9. The molecule has 0 heterocycles. The lowest BCUT2D eigenvalue weighted by Gasteiger charge is -2.38. The standard InChI is InChI=1S/C71H56N2/c1-69(2)60-30-18-16-27-52(60)54-37-33-49(42-63(54)69)72(46-23-12-8-13-24-46)48-35-39-57-59(41-48)56-29-20-32-62-67(56)68(66(57)45-21-10-7-11-22-45)58-40-36-51(44-65(58)71(62,5)6)73(47-25-14-9-15-26-47)50-34-38-55-53-28-17-19-31-61(53)70(3,4)64(55)43-50/h7-44H,1-6H3. The Hall–Kier alpha value is -8.46. The number of hydrogen-bond donors (Lipinski definition) is 0. The predicted molar refractivity (Wildman–Crippen MR) is 309 cm³/mol. The highest BCUT2D eigenvalue weighted by Gasteiger charge is 2.39. The van der Waals surface area contributed by atoms with Gasteiger partial charge >= 0.3 is 0 Å². The fraction of sp³-hybridized carbons (Fsp3) is 0.127. The zero-order valence-corrected chi connectivity index (χ0v) is 42.3. The third-order valence-electron chi connectivity index (χ3n) is 17.0. The monoisotopic (exact) mass is 936 g/mol. The van der Waals surface area contributed by atoms with Crippen molar-refractivity contribution in [2.24, 2.45) is 0 Å². The Bertz CT molecular complexity index is 4050. The van der Waals surface area contributed by atoms with Gasteiger partial charge in [0, 0.05) is 50.4 Å². The van der Waals surface area contributed by atoms with E-state index in [0.29, 0.717) is 0 Å². The Labute approximate surface area is 429 Å². The van der Waals surface area contributed by atoms with Gasteiger partial charge in [0.2, 0.25) is 0 Å². The van der Waals surface area contributed by atoms with E-state index in [1.165, 1.54) is 99.4 Å². The molecule has 0 fully saturated rings. The SMILES string of the molecule is CC1(C)c2ccccc2-c2ccc(N(c3ccccc3)c3ccc4c(c3)C(C)(C)c3cccc5c3c-4c(-c3ccccc3)c3ccc(N(c4ccccc4)c4ccc6c(c4)C(C)(C)c4ccccc4-6)cc35)cc21. The minimum atomic E-state index is -0.327. The van der Waals surface area contributed by atoms with Gasteiger partial charge in [-0.25, -0.2) is 0 Å². The van der Waals surface area contributed by atoms with Crippen LogP contribution >= 0.6 is 0 Å². The number of nitrogens with zero attached hydrogens (tertiary/aromatic N) is 2. The highest BCUT2D eigenvalue weighted by atomic mass is 15.1. The average Bonchev–Trinajstić information content (AvgIpc) is 3.79. The second kappa shape index (κ2) is 15.8. The molecule has 2 heteroatoms. The minimum Gasteiger partial charge on any atom is -0.310 e. The molecule has 11 aromatic rings. The van der Waals surface area contributed by atoms with Crippen LogP contribution in [-0.4, -0.2) is 0 Å². The van der Waals surface area contributed by atoms with Crippen LogP contribution in [0.1, 0.15) is 74.9 Å². The average molecular weight is 937 g/mol. The quantitative estimate of drug-likeness (QED) is 0.147. The first kappa shape index (κ1) is 43.3. The molecule has 73 heavy (non-hydrogen) atoms. The molecule has 0 saturated carbocycles. The maximum absolute atomic E-state index is 2.49. The van der Waals surface area contributed by atoms with Crippen LogP contribution in [0.2, 0.25) is 0 Å². The maximum Gasteiger partial charge on any atom is 0.0468 e. The van der Waals surface area contributed by atoms with E-state index in [2.05, 4.69) is 282 Å². The summed E-state index contributed by atoms with van der Waals surface area (Å²) in [5, 5.41) is 5.10. The van der Waals surface area contributed by atoms with Gasteiger partial charge in [-0.3, -0.25) is 0 Å². The summed E-state index contributed by atoms with van der Waals surface area (Å²) in [4.78, 5) is 4.92. The van der Waals surface area contributed by atoms with E-state index in [0.717, 1.165) is 34.1 Å². The van der Waals surface area contributed by atoms with Crippen LogP contribution in [0.5, 0.6) is 0 Å². The molecule has 2 nitrogen and oxygen atoms in total. The summed E-state index contributed by atoms with van der Waals surface area (Å²) < 4.78 is 0. The predicted octanol–water partition coefficient (Wildman–Crippen LogP) is 19.5. The molecule has 0 radical (unpaired) electrons. The molecule has 0 unspecified atom stereocenters. The largest absolute Gasteiger partial charge is 0.310 e. The molecule has 0 atom stereocenters. The molecule has 0 N–H and O–H groups in total. The Morgan fingerprint density at radius 1 is 0.247 bits per heavy atom. The van der Waals surface area contributed by atoms with Crippen LogP contribution in [0.25, 0.3) is 66.1 Å². The normalized spacial score (nSPS) is 14.8. The van der Waals surface area contributed by atoms with Crippen molar-refractivity contribution >= 4 is 55.7 Å². The Morgan fingerprint density at radius 2 is 0.644 bits per heavy atom. The van der Waals surface area contributed by atoms with Crippen molar-refractivity contribution in [3.63, 3.8) is 0 Å². The zero-order chi connectivity index (χ0) is 49.4. The van der Waals surface area contributed by atoms with E-state index in [4.69, 9.17) is 0 Å². The first-order chi connectivity index (χ1) is 35.5. The van der Waals surface area contributed by atoms with Gasteiger partial charge in [-0.05, 0) is 172 Å². The lowest BCUT2D eigenvalue weighted by atomic mass is 9.66. The van der Waals surface area contributed by atoms with E-state index >= 15 is 0 Å². The third-order valence-corrected chi connectivity index (χ3v) is 17.0. The second-order valence-corrected chi connectivity index (χ2v) is 22.1. The number of fused-ring (bicyclic) bond motifs is 10. The molecule has 0 aromatic heterocycles. The fourth-order valence-electron chi connectivity index (χ4n) is 13.4. The topological polar surface area (TPSA) is 6.48 Å². The van der Waals surface area contributed by atoms with Crippen LogP contribution in [0.3, 0.4) is 0 Å². The van der Waals surface area contributed by atoms with Gasteiger partial charge in [0.15, 0.2) is 0 Å². The van der Waals surface area contributed by atoms with E-state index in [1.807, 2.05) is 0 Å². The van der Waals surface area contributed by atoms with E-state index in [1.54, 1.807) is 0 Å². The lowest BCUT2D eigenvalue weighted by molar-refractivity contribution is 0.645. The Balaban J connectivity index is 0.975. The van der Waals surface area contributed by atoms with Gasteiger partial charge in [-0.1, -0.05) is 199 Å². The van der Waals surface area contributed by atoms with Crippen LogP contribution < -0.4 is 9.80 Å². The summed E-state index contributed by atoms with van der Waals surface area (Å²) in [6.07, 6.45) is 0. The van der Waals surface area contributed by atoms with Crippen LogP contribution in [0.15, 0.2) is 231 Å². The summed E-state index contributed by atoms with van der Waals surface area (Å²) in [5.74, 6) is 0. The van der Waals surface area contributed by atoms with Crippen LogP contribution in [-0.2, 0) is 16.2 Å². The second-order valence-electron chi connectivity index (χ2n) is 22.1. The van der Waals surface area contributed by atoms with E-state index in [9.17, 15) is 0 Å². The summed E-state index contributed by atoms with van der Waals surface area (Å²) in [6.45, 7) is 14.3. The first-order valence-corrected chi connectivity index (χ1v) is 25.9. The third kappa shape index (κ3) is 6.29. The zero-order valence-electron chi connectivity index (χ0n) is 42.3. The van der Waals surface area contributed by atoms with Gasteiger partial charge < -0.3 is 9.80 Å². The Morgan fingerprint density at radius 3 is 1.18 bits per heavy atom. The molecule has 3 aliphatic carbocycles. The Kier molecular flexibility index (Phi) is 9.36. The molecule has 3 aliphatic rings. The molecule has 0 saturated heterocycles. The van der Waals surface area contributed by atoms with E-state index < -0.39 is 0 Å². The number of anilines is 6. The van der Waals surface area contributed by atoms with Crippen molar-refractivity contribution in [3.8, 4) is 44.5 Å². The highest BCUT2D eigenvalue weighted by Crippen LogP contribution is 2.57. The lowest BCUT2D eigenvalue weighted by Crippen LogP contribution is -2.25. The molecule has 14 rings (SSSR count). The van der Waals surface area contributed by atoms with Crippen molar-refractivity contribution in [1.82, 2.24) is 0 Å². The molecule has 11 aromatic carbocycles. The van der Waals surface area contributed by atoms with E-state index in [-0.39, 0.29) is 16.2 Å². The van der Waals surface area contributed by atoms with Gasteiger partial charge in [0.1, 0.15) is 0 Å². The van der Waals surface area contributed by atoms with Gasteiger partial charge in [0.05, 0.1) is 0 Å². The number of rotatable bonds is 7. The minimum absolute atomic E-state index is 0.117. The van der Waals surface area contributed by atoms with Gasteiger partial charge in [-0.2, -0.15) is 0 Å². The first-order valence-electron chi connectivity index (χ1n) is 25.9.